The van der Waals surface area contributed by atoms with E-state index in [0.717, 1.165) is 28.7 Å². The smallest absolute Gasteiger partial charge is 0.114 e. The molecule has 0 radical (unpaired) electrons. The minimum absolute atomic E-state index is 0. The summed E-state index contributed by atoms with van der Waals surface area (Å²) in [5.74, 6) is 0. The molecule has 0 aliphatic carbocycles. The van der Waals surface area contributed by atoms with Crippen LogP contribution in [0.4, 0.5) is 0 Å². The summed E-state index contributed by atoms with van der Waals surface area (Å²) in [4.78, 5) is 0. The SMILES string of the molecule is C=C(C#N)C[N+]1(C)C2CCCC1CC2.[Br-]. The van der Waals surface area contributed by atoms with Gasteiger partial charge in [-0.05, 0) is 19.3 Å². The van der Waals surface area contributed by atoms with Crippen molar-refractivity contribution in [2.75, 3.05) is 13.6 Å². The van der Waals surface area contributed by atoms with Gasteiger partial charge in [0.15, 0.2) is 0 Å². The molecule has 0 aromatic carbocycles. The lowest BCUT2D eigenvalue weighted by atomic mass is 9.99. The molecular formula is C12H19BrN2. The third-order valence-electron chi connectivity index (χ3n) is 4.27. The van der Waals surface area contributed by atoms with E-state index < -0.39 is 0 Å². The molecular weight excluding hydrogens is 252 g/mol. The summed E-state index contributed by atoms with van der Waals surface area (Å²) in [6, 6.07) is 3.81. The molecule has 0 spiro atoms. The lowest BCUT2D eigenvalue weighted by Gasteiger charge is -2.44. The number of halogens is 1. The molecule has 2 atom stereocenters. The van der Waals surface area contributed by atoms with Gasteiger partial charge in [0.1, 0.15) is 6.54 Å². The van der Waals surface area contributed by atoms with Gasteiger partial charge in [0.25, 0.3) is 0 Å². The zero-order chi connectivity index (χ0) is 10.2. The van der Waals surface area contributed by atoms with E-state index in [0.29, 0.717) is 0 Å². The van der Waals surface area contributed by atoms with Gasteiger partial charge in [-0.25, -0.2) is 0 Å². The molecule has 0 N–H and O–H groups in total. The molecule has 0 saturated carbocycles. The Labute approximate surface area is 103 Å². The molecule has 3 heteroatoms. The Bertz CT molecular complexity index is 276. The third-order valence-corrected chi connectivity index (χ3v) is 4.27. The standard InChI is InChI=1S/C12H19N2.BrH/c1-10(8-13)9-14(2)11-4-3-5-12(14)7-6-11;/h11-12H,1,3-7,9H2,2H3;1H/q+1;/p-1. The van der Waals surface area contributed by atoms with E-state index in [1.807, 2.05) is 0 Å². The van der Waals surface area contributed by atoms with Gasteiger partial charge in [-0.1, -0.05) is 6.58 Å². The van der Waals surface area contributed by atoms with Crippen molar-refractivity contribution in [2.45, 2.75) is 44.2 Å². The minimum atomic E-state index is 0. The number of quaternary nitrogens is 1. The Kier molecular flexibility index (Phi) is 3.97. The molecule has 2 unspecified atom stereocenters. The first-order chi connectivity index (χ1) is 6.66. The van der Waals surface area contributed by atoms with Crippen molar-refractivity contribution >= 4 is 0 Å². The van der Waals surface area contributed by atoms with E-state index in [1.165, 1.54) is 32.1 Å². The van der Waals surface area contributed by atoms with Crippen molar-refractivity contribution in [3.05, 3.63) is 12.2 Å². The summed E-state index contributed by atoms with van der Waals surface area (Å²) >= 11 is 0. The number of likely N-dealkylation sites (N-methyl/N-ethyl adjacent to an activating group) is 1. The van der Waals surface area contributed by atoms with Gasteiger partial charge in [-0.15, -0.1) is 0 Å². The van der Waals surface area contributed by atoms with E-state index in [-0.39, 0.29) is 17.0 Å². The monoisotopic (exact) mass is 270 g/mol. The molecule has 2 heterocycles. The molecule has 2 nitrogen and oxygen atoms in total. The van der Waals surface area contributed by atoms with Gasteiger partial charge in [0.2, 0.25) is 0 Å². The maximum atomic E-state index is 8.81. The molecule has 2 aliphatic rings. The molecule has 2 saturated heterocycles. The van der Waals surface area contributed by atoms with Crippen molar-refractivity contribution in [3.8, 4) is 6.07 Å². The highest BCUT2D eigenvalue weighted by Gasteiger charge is 2.48. The minimum Gasteiger partial charge on any atom is -1.00 e. The second kappa shape index (κ2) is 4.67. The number of piperidine rings is 1. The molecule has 15 heavy (non-hydrogen) atoms. The van der Waals surface area contributed by atoms with Crippen molar-refractivity contribution < 1.29 is 21.5 Å². The third kappa shape index (κ3) is 2.11. The van der Waals surface area contributed by atoms with Crippen LogP contribution in [0.3, 0.4) is 0 Å². The quantitative estimate of drug-likeness (QED) is 0.478. The Morgan fingerprint density at radius 2 is 1.87 bits per heavy atom. The van der Waals surface area contributed by atoms with Crippen LogP contribution in [0.25, 0.3) is 0 Å². The second-order valence-electron chi connectivity index (χ2n) is 5.04. The number of nitrogens with zero attached hydrogens (tertiary/aromatic N) is 2. The molecule has 2 bridgehead atoms. The number of rotatable bonds is 2. The van der Waals surface area contributed by atoms with Crippen LogP contribution in [0.2, 0.25) is 0 Å². The number of fused-ring (bicyclic) bond motifs is 2. The van der Waals surface area contributed by atoms with E-state index >= 15 is 0 Å². The second-order valence-corrected chi connectivity index (χ2v) is 5.04. The Balaban J connectivity index is 0.00000112. The average Bonchev–Trinajstić information content (AvgIpc) is 2.42. The predicted octanol–water partition coefficient (Wildman–Crippen LogP) is -0.768. The fourth-order valence-electron chi connectivity index (χ4n) is 3.45. The van der Waals surface area contributed by atoms with E-state index in [9.17, 15) is 0 Å². The number of hydrogen-bond acceptors (Lipinski definition) is 1. The number of nitriles is 1. The van der Waals surface area contributed by atoms with Gasteiger partial charge in [0.05, 0.1) is 30.8 Å². The predicted molar refractivity (Wildman–Crippen MR) is 56.5 cm³/mol. The molecule has 0 aromatic heterocycles. The largest absolute Gasteiger partial charge is 1.00 e. The van der Waals surface area contributed by atoms with Crippen LogP contribution in [0, 0.1) is 11.3 Å². The highest BCUT2D eigenvalue weighted by atomic mass is 79.9. The summed E-state index contributed by atoms with van der Waals surface area (Å²) < 4.78 is 1.10. The van der Waals surface area contributed by atoms with Crippen LogP contribution >= 0.6 is 0 Å². The highest BCUT2D eigenvalue weighted by molar-refractivity contribution is 5.16. The normalized spacial score (nSPS) is 37.9. The maximum Gasteiger partial charge on any atom is 0.114 e. The Hall–Kier alpha value is -0.330. The van der Waals surface area contributed by atoms with E-state index in [4.69, 9.17) is 5.26 Å². The number of hydrogen-bond donors (Lipinski definition) is 0. The fraction of sp³-hybridized carbons (Fsp3) is 0.750. The summed E-state index contributed by atoms with van der Waals surface area (Å²) in [5.41, 5.74) is 0.756. The summed E-state index contributed by atoms with van der Waals surface area (Å²) in [6.45, 7) is 4.71. The summed E-state index contributed by atoms with van der Waals surface area (Å²) in [5, 5.41) is 8.81. The van der Waals surface area contributed by atoms with Crippen molar-refractivity contribution in [3.63, 3.8) is 0 Å². The van der Waals surface area contributed by atoms with Gasteiger partial charge in [-0.2, -0.15) is 5.26 Å². The molecule has 2 rings (SSSR count). The molecule has 84 valence electrons. The topological polar surface area (TPSA) is 23.8 Å². The van der Waals surface area contributed by atoms with Gasteiger partial charge in [-0.3, -0.25) is 0 Å². The maximum absolute atomic E-state index is 8.81. The molecule has 2 fully saturated rings. The van der Waals surface area contributed by atoms with E-state index in [2.05, 4.69) is 19.7 Å². The Morgan fingerprint density at radius 1 is 1.33 bits per heavy atom. The van der Waals surface area contributed by atoms with Crippen LogP contribution in [0.1, 0.15) is 32.1 Å². The summed E-state index contributed by atoms with van der Waals surface area (Å²) in [7, 11) is 2.32. The molecule has 0 amide bonds. The molecule has 0 aromatic rings. The van der Waals surface area contributed by atoms with Crippen molar-refractivity contribution in [1.29, 1.82) is 5.26 Å². The fourth-order valence-corrected chi connectivity index (χ4v) is 3.45. The van der Waals surface area contributed by atoms with Crippen LogP contribution in [-0.2, 0) is 0 Å². The first kappa shape index (κ1) is 12.7. The zero-order valence-corrected chi connectivity index (χ0v) is 11.0. The van der Waals surface area contributed by atoms with Gasteiger partial charge >= 0.3 is 0 Å². The highest BCUT2D eigenvalue weighted by Crippen LogP contribution is 2.41. The van der Waals surface area contributed by atoms with E-state index in [1.54, 1.807) is 0 Å². The average molecular weight is 271 g/mol. The van der Waals surface area contributed by atoms with Crippen LogP contribution in [0.15, 0.2) is 12.2 Å². The first-order valence-corrected chi connectivity index (χ1v) is 5.59. The van der Waals surface area contributed by atoms with Gasteiger partial charge in [0, 0.05) is 12.8 Å². The molecule has 2 aliphatic heterocycles. The van der Waals surface area contributed by atoms with Gasteiger partial charge < -0.3 is 21.5 Å². The van der Waals surface area contributed by atoms with Crippen LogP contribution in [-0.4, -0.2) is 30.2 Å². The first-order valence-electron chi connectivity index (χ1n) is 5.59. The van der Waals surface area contributed by atoms with Crippen LogP contribution in [0.5, 0.6) is 0 Å². The Morgan fingerprint density at radius 3 is 2.33 bits per heavy atom. The lowest BCUT2D eigenvalue weighted by molar-refractivity contribution is -0.943. The summed E-state index contributed by atoms with van der Waals surface area (Å²) in [6.07, 6.45) is 6.82. The van der Waals surface area contributed by atoms with Crippen LogP contribution < -0.4 is 17.0 Å². The van der Waals surface area contributed by atoms with Crippen molar-refractivity contribution in [2.24, 2.45) is 0 Å². The van der Waals surface area contributed by atoms with Crippen molar-refractivity contribution in [1.82, 2.24) is 0 Å². The zero-order valence-electron chi connectivity index (χ0n) is 9.38. The lowest BCUT2D eigenvalue weighted by Crippen LogP contribution is -3.00.